The van der Waals surface area contributed by atoms with Crippen molar-refractivity contribution in [2.45, 2.75) is 58.5 Å². The van der Waals surface area contributed by atoms with E-state index in [1.165, 1.54) is 32.8 Å². The summed E-state index contributed by atoms with van der Waals surface area (Å²) in [5, 5.41) is 0. The Labute approximate surface area is 137 Å². The second-order valence-corrected chi connectivity index (χ2v) is 7.02. The number of esters is 1. The summed E-state index contributed by atoms with van der Waals surface area (Å²) in [5.74, 6) is 0.432. The highest BCUT2D eigenvalue weighted by Gasteiger charge is 2.40. The third kappa shape index (κ3) is 3.20. The number of rotatable bonds is 7. The van der Waals surface area contributed by atoms with Crippen LogP contribution in [0.4, 0.5) is 0 Å². The van der Waals surface area contributed by atoms with E-state index in [4.69, 9.17) is 4.74 Å². The quantitative estimate of drug-likeness (QED) is 0.620. The van der Waals surface area contributed by atoms with Gasteiger partial charge in [-0.2, -0.15) is 0 Å². The van der Waals surface area contributed by atoms with Crippen molar-refractivity contribution in [1.82, 2.24) is 9.88 Å². The molecule has 1 N–H and O–H groups in total. The smallest absolute Gasteiger partial charge is 0.339 e. The van der Waals surface area contributed by atoms with Gasteiger partial charge in [0.2, 0.25) is 0 Å². The molecule has 0 saturated heterocycles. The number of hydrogen-bond acceptors (Lipinski definition) is 4. The van der Waals surface area contributed by atoms with Crippen molar-refractivity contribution in [2.24, 2.45) is 5.92 Å². The van der Waals surface area contributed by atoms with Gasteiger partial charge in [0.1, 0.15) is 0 Å². The molecule has 2 aliphatic carbocycles. The predicted octanol–water partition coefficient (Wildman–Crippen LogP) is 2.86. The van der Waals surface area contributed by atoms with Gasteiger partial charge in [-0.3, -0.25) is 9.69 Å². The lowest BCUT2D eigenvalue weighted by Crippen LogP contribution is -2.40. The van der Waals surface area contributed by atoms with Crippen molar-refractivity contribution < 1.29 is 14.3 Å². The zero-order valence-electron chi connectivity index (χ0n) is 14.4. The number of aromatic nitrogens is 1. The first kappa shape index (κ1) is 16.2. The molecule has 2 fully saturated rings. The van der Waals surface area contributed by atoms with Crippen LogP contribution >= 0.6 is 0 Å². The van der Waals surface area contributed by atoms with Gasteiger partial charge in [0.15, 0.2) is 5.78 Å². The lowest BCUT2D eigenvalue weighted by molar-refractivity contribution is 0.0599. The summed E-state index contributed by atoms with van der Waals surface area (Å²) in [4.78, 5) is 30.1. The van der Waals surface area contributed by atoms with Crippen LogP contribution in [0.1, 0.15) is 64.7 Å². The van der Waals surface area contributed by atoms with Crippen molar-refractivity contribution in [1.29, 1.82) is 0 Å². The highest BCUT2D eigenvalue weighted by molar-refractivity contribution is 6.02. The molecule has 0 bridgehead atoms. The highest BCUT2D eigenvalue weighted by atomic mass is 16.5. The summed E-state index contributed by atoms with van der Waals surface area (Å²) in [6.07, 6.45) is 4.96. The Morgan fingerprint density at radius 1 is 1.26 bits per heavy atom. The molecule has 0 radical (unpaired) electrons. The molecule has 1 aromatic heterocycles. The third-order valence-electron chi connectivity index (χ3n) is 5.28. The maximum Gasteiger partial charge on any atom is 0.339 e. The summed E-state index contributed by atoms with van der Waals surface area (Å²) < 4.78 is 4.82. The molecule has 5 heteroatoms. The zero-order chi connectivity index (χ0) is 16.7. The van der Waals surface area contributed by atoms with E-state index in [0.29, 0.717) is 41.1 Å². The Bertz CT molecular complexity index is 626. The highest BCUT2D eigenvalue weighted by Crippen LogP contribution is 2.39. The maximum atomic E-state index is 12.8. The van der Waals surface area contributed by atoms with E-state index in [1.807, 2.05) is 13.8 Å². The number of nitrogens with zero attached hydrogens (tertiary/aromatic N) is 1. The standard InChI is InChI=1S/C18H26N2O3/c1-10-16(18(22)23-4)11(2)19-17(10)15(21)9-20(14-7-8-14)12(3)13-5-6-13/h12-14,19H,5-9H2,1-4H3. The van der Waals surface area contributed by atoms with Crippen LogP contribution in [0, 0.1) is 19.8 Å². The van der Waals surface area contributed by atoms with Crippen molar-refractivity contribution in [3.05, 3.63) is 22.5 Å². The van der Waals surface area contributed by atoms with Gasteiger partial charge in [0, 0.05) is 17.8 Å². The van der Waals surface area contributed by atoms with Crippen LogP contribution in [0.25, 0.3) is 0 Å². The molecule has 1 heterocycles. The first-order chi connectivity index (χ1) is 10.9. The molecule has 0 amide bonds. The van der Waals surface area contributed by atoms with Crippen molar-refractivity contribution in [3.63, 3.8) is 0 Å². The van der Waals surface area contributed by atoms with Crippen LogP contribution in [-0.2, 0) is 4.74 Å². The topological polar surface area (TPSA) is 62.4 Å². The van der Waals surface area contributed by atoms with E-state index in [-0.39, 0.29) is 11.8 Å². The van der Waals surface area contributed by atoms with Crippen LogP contribution in [0.3, 0.4) is 0 Å². The first-order valence-corrected chi connectivity index (χ1v) is 8.50. The summed E-state index contributed by atoms with van der Waals surface area (Å²) in [6, 6.07) is 1.04. The molecule has 23 heavy (non-hydrogen) atoms. The number of ketones is 1. The molecule has 5 nitrogen and oxygen atoms in total. The van der Waals surface area contributed by atoms with Gasteiger partial charge in [0.05, 0.1) is 24.9 Å². The fraction of sp³-hybridized carbons (Fsp3) is 0.667. The molecule has 2 saturated carbocycles. The number of carbonyl (C=O) groups excluding carboxylic acids is 2. The van der Waals surface area contributed by atoms with Gasteiger partial charge in [-0.15, -0.1) is 0 Å². The maximum absolute atomic E-state index is 12.8. The molecule has 1 atom stereocenters. The molecular weight excluding hydrogens is 292 g/mol. The minimum absolute atomic E-state index is 0.0696. The molecule has 2 aliphatic rings. The molecule has 3 rings (SSSR count). The second kappa shape index (κ2) is 6.11. The summed E-state index contributed by atoms with van der Waals surface area (Å²) in [6.45, 7) is 6.30. The number of hydrogen-bond donors (Lipinski definition) is 1. The van der Waals surface area contributed by atoms with Gasteiger partial charge in [-0.05, 0) is 57.9 Å². The summed E-state index contributed by atoms with van der Waals surface area (Å²) in [7, 11) is 1.36. The average molecular weight is 318 g/mol. The van der Waals surface area contributed by atoms with Crippen LogP contribution in [0.5, 0.6) is 0 Å². The Balaban J connectivity index is 1.78. The Morgan fingerprint density at radius 2 is 1.91 bits per heavy atom. The number of aryl methyl sites for hydroxylation is 1. The van der Waals surface area contributed by atoms with Gasteiger partial charge in [-0.25, -0.2) is 4.79 Å². The van der Waals surface area contributed by atoms with E-state index in [2.05, 4.69) is 16.8 Å². The number of nitrogens with one attached hydrogen (secondary N) is 1. The van der Waals surface area contributed by atoms with Crippen LogP contribution in [-0.4, -0.2) is 47.4 Å². The largest absolute Gasteiger partial charge is 0.465 e. The van der Waals surface area contributed by atoms with Gasteiger partial charge < -0.3 is 9.72 Å². The Morgan fingerprint density at radius 3 is 2.43 bits per heavy atom. The van der Waals surface area contributed by atoms with E-state index in [1.54, 1.807) is 0 Å². The van der Waals surface area contributed by atoms with E-state index in [9.17, 15) is 9.59 Å². The van der Waals surface area contributed by atoms with E-state index >= 15 is 0 Å². The fourth-order valence-electron chi connectivity index (χ4n) is 3.54. The lowest BCUT2D eigenvalue weighted by atomic mass is 10.1. The summed E-state index contributed by atoms with van der Waals surface area (Å²) in [5.41, 5.74) is 2.45. The van der Waals surface area contributed by atoms with Crippen molar-refractivity contribution in [2.75, 3.05) is 13.7 Å². The zero-order valence-corrected chi connectivity index (χ0v) is 14.4. The Kier molecular flexibility index (Phi) is 4.32. The number of Topliss-reactive ketones (excluding diaryl/α,β-unsaturated/α-hetero) is 1. The molecule has 126 valence electrons. The van der Waals surface area contributed by atoms with Gasteiger partial charge >= 0.3 is 5.97 Å². The van der Waals surface area contributed by atoms with Crippen LogP contribution in [0.15, 0.2) is 0 Å². The molecule has 1 unspecified atom stereocenters. The first-order valence-electron chi connectivity index (χ1n) is 8.50. The minimum Gasteiger partial charge on any atom is -0.465 e. The van der Waals surface area contributed by atoms with Crippen LogP contribution in [0.2, 0.25) is 0 Å². The molecular formula is C18H26N2O3. The average Bonchev–Trinajstić information content (AvgIpc) is 3.41. The molecule has 0 spiro atoms. The monoisotopic (exact) mass is 318 g/mol. The normalized spacial score (nSPS) is 19.0. The second-order valence-electron chi connectivity index (χ2n) is 7.02. The number of aromatic amines is 1. The van der Waals surface area contributed by atoms with Crippen molar-refractivity contribution >= 4 is 11.8 Å². The molecule has 1 aromatic rings. The number of carbonyl (C=O) groups is 2. The van der Waals surface area contributed by atoms with Crippen LogP contribution < -0.4 is 0 Å². The molecule has 0 aromatic carbocycles. The minimum atomic E-state index is -0.388. The molecule has 0 aliphatic heterocycles. The number of H-pyrrole nitrogens is 1. The van der Waals surface area contributed by atoms with E-state index in [0.717, 1.165) is 5.92 Å². The Hall–Kier alpha value is -1.62. The lowest BCUT2D eigenvalue weighted by Gasteiger charge is -2.28. The number of methoxy groups -OCH3 is 1. The third-order valence-corrected chi connectivity index (χ3v) is 5.28. The van der Waals surface area contributed by atoms with Gasteiger partial charge in [0.25, 0.3) is 0 Å². The fourth-order valence-corrected chi connectivity index (χ4v) is 3.54. The number of ether oxygens (including phenoxy) is 1. The predicted molar refractivity (Wildman–Crippen MR) is 87.9 cm³/mol. The van der Waals surface area contributed by atoms with Gasteiger partial charge in [-0.1, -0.05) is 0 Å². The van der Waals surface area contributed by atoms with E-state index < -0.39 is 0 Å². The van der Waals surface area contributed by atoms with Crippen molar-refractivity contribution in [3.8, 4) is 0 Å². The summed E-state index contributed by atoms with van der Waals surface area (Å²) >= 11 is 0. The SMILES string of the molecule is COC(=O)c1c(C)[nH]c(C(=O)CN(C2CC2)C(C)C2CC2)c1C.